The lowest BCUT2D eigenvalue weighted by molar-refractivity contribution is 0.560. The molecule has 2 N–H and O–H groups in total. The first kappa shape index (κ1) is 10.7. The summed E-state index contributed by atoms with van der Waals surface area (Å²) in [6.07, 6.45) is 8.35. The predicted octanol–water partition coefficient (Wildman–Crippen LogP) is 1.99. The molecule has 0 saturated heterocycles. The van der Waals surface area contributed by atoms with Crippen molar-refractivity contribution < 1.29 is 4.42 Å². The Kier molecular flexibility index (Phi) is 4.72. The average molecular weight is 192 g/mol. The smallest absolute Gasteiger partial charge is 0.144 e. The number of hydrogen-bond donors (Lipinski definition) is 1. The van der Waals surface area contributed by atoms with E-state index in [9.17, 15) is 0 Å². The van der Waals surface area contributed by atoms with Crippen LogP contribution in [0.5, 0.6) is 0 Å². The molecular weight excluding hydrogens is 176 g/mol. The molecule has 0 spiro atoms. The first-order valence-corrected chi connectivity index (χ1v) is 4.78. The molecule has 0 amide bonds. The molecule has 14 heavy (non-hydrogen) atoms. The maximum atomic E-state index is 5.77. The van der Waals surface area contributed by atoms with Crippen LogP contribution in [-0.4, -0.2) is 18.8 Å². The Morgan fingerprint density at radius 1 is 1.64 bits per heavy atom. The van der Waals surface area contributed by atoms with Crippen molar-refractivity contribution in [3.63, 3.8) is 0 Å². The van der Waals surface area contributed by atoms with Crippen LogP contribution in [0.3, 0.4) is 0 Å². The van der Waals surface area contributed by atoms with Gasteiger partial charge in [0.25, 0.3) is 0 Å². The van der Waals surface area contributed by atoms with Crippen molar-refractivity contribution in [3.05, 3.63) is 36.3 Å². The molecule has 0 aliphatic carbocycles. The van der Waals surface area contributed by atoms with Gasteiger partial charge >= 0.3 is 0 Å². The molecule has 1 rings (SSSR count). The molecule has 1 unspecified atom stereocenters. The molecule has 1 heterocycles. The number of nitrogens with zero attached hydrogens (tertiary/aromatic N) is 1. The molecule has 1 aromatic rings. The van der Waals surface area contributed by atoms with Gasteiger partial charge in [0.2, 0.25) is 0 Å². The van der Waals surface area contributed by atoms with Gasteiger partial charge in [-0.05, 0) is 18.6 Å². The van der Waals surface area contributed by atoms with Crippen LogP contribution in [0.2, 0.25) is 0 Å². The van der Waals surface area contributed by atoms with Crippen LogP contribution < -0.4 is 5.73 Å². The van der Waals surface area contributed by atoms with E-state index in [0.29, 0.717) is 6.54 Å². The van der Waals surface area contributed by atoms with Crippen LogP contribution in [-0.2, 0) is 0 Å². The highest BCUT2D eigenvalue weighted by Crippen LogP contribution is 1.95. The summed E-state index contributed by atoms with van der Waals surface area (Å²) in [6, 6.07) is 3.69. The van der Waals surface area contributed by atoms with Gasteiger partial charge in [-0.3, -0.25) is 4.99 Å². The molecule has 76 valence electrons. The van der Waals surface area contributed by atoms with Gasteiger partial charge in [-0.25, -0.2) is 0 Å². The summed E-state index contributed by atoms with van der Waals surface area (Å²) in [5.74, 6) is 0.761. The van der Waals surface area contributed by atoms with Crippen molar-refractivity contribution >= 4 is 6.21 Å². The largest absolute Gasteiger partial charge is 0.463 e. The van der Waals surface area contributed by atoms with Gasteiger partial charge < -0.3 is 10.2 Å². The van der Waals surface area contributed by atoms with Crippen LogP contribution in [0, 0.1) is 0 Å². The van der Waals surface area contributed by atoms with Gasteiger partial charge in [-0.15, -0.1) is 0 Å². The fraction of sp³-hybridized carbons (Fsp3) is 0.364. The zero-order chi connectivity index (χ0) is 10.2. The SMILES string of the molecule is CC/C=C\C(N)C/N=C/c1ccco1. The molecule has 0 aromatic carbocycles. The minimum atomic E-state index is 0.00108. The molecule has 0 radical (unpaired) electrons. The molecule has 3 nitrogen and oxygen atoms in total. The van der Waals surface area contributed by atoms with E-state index in [1.807, 2.05) is 24.3 Å². The second kappa shape index (κ2) is 6.16. The lowest BCUT2D eigenvalue weighted by Gasteiger charge is -1.99. The van der Waals surface area contributed by atoms with E-state index in [4.69, 9.17) is 10.2 Å². The highest BCUT2D eigenvalue weighted by atomic mass is 16.3. The fourth-order valence-electron chi connectivity index (χ4n) is 1.00. The topological polar surface area (TPSA) is 51.5 Å². The van der Waals surface area contributed by atoms with E-state index in [2.05, 4.69) is 11.9 Å². The first-order valence-electron chi connectivity index (χ1n) is 4.78. The number of nitrogens with two attached hydrogens (primary N) is 1. The Balaban J connectivity index is 2.29. The van der Waals surface area contributed by atoms with Crippen LogP contribution >= 0.6 is 0 Å². The van der Waals surface area contributed by atoms with E-state index in [1.165, 1.54) is 0 Å². The maximum absolute atomic E-state index is 5.77. The highest BCUT2D eigenvalue weighted by Gasteiger charge is 1.93. The van der Waals surface area contributed by atoms with Gasteiger partial charge in [0.1, 0.15) is 5.76 Å². The Morgan fingerprint density at radius 2 is 2.50 bits per heavy atom. The molecular formula is C11H16N2O. The molecule has 3 heteroatoms. The minimum Gasteiger partial charge on any atom is -0.463 e. The molecule has 0 saturated carbocycles. The van der Waals surface area contributed by atoms with Crippen LogP contribution in [0.25, 0.3) is 0 Å². The molecule has 1 aromatic heterocycles. The Hall–Kier alpha value is -1.35. The normalized spacial score (nSPS) is 14.1. The summed E-state index contributed by atoms with van der Waals surface area (Å²) in [5.41, 5.74) is 5.77. The maximum Gasteiger partial charge on any atom is 0.144 e. The molecule has 0 aliphatic rings. The first-order chi connectivity index (χ1) is 6.83. The third-order valence-corrected chi connectivity index (χ3v) is 1.70. The Bertz CT molecular complexity index is 288. The average Bonchev–Trinajstić information content (AvgIpc) is 2.67. The predicted molar refractivity (Wildman–Crippen MR) is 58.6 cm³/mol. The van der Waals surface area contributed by atoms with E-state index in [1.54, 1.807) is 12.5 Å². The van der Waals surface area contributed by atoms with Gasteiger partial charge in [0.05, 0.1) is 19.0 Å². The number of hydrogen-bond acceptors (Lipinski definition) is 3. The summed E-state index contributed by atoms with van der Waals surface area (Å²) >= 11 is 0. The van der Waals surface area contributed by atoms with Gasteiger partial charge in [0.15, 0.2) is 0 Å². The number of allylic oxidation sites excluding steroid dienone is 1. The second-order valence-corrected chi connectivity index (χ2v) is 3.01. The standard InChI is InChI=1S/C11H16N2O/c1-2-3-5-10(12)8-13-9-11-6-4-7-14-11/h3-7,9-10H,2,8,12H2,1H3/b5-3-,13-9+. The van der Waals surface area contributed by atoms with Gasteiger partial charge in [-0.2, -0.15) is 0 Å². The zero-order valence-corrected chi connectivity index (χ0v) is 8.39. The van der Waals surface area contributed by atoms with Crippen LogP contribution in [0.4, 0.5) is 0 Å². The van der Waals surface area contributed by atoms with E-state index >= 15 is 0 Å². The summed E-state index contributed by atoms with van der Waals surface area (Å²) in [4.78, 5) is 4.17. The number of furan rings is 1. The van der Waals surface area contributed by atoms with Crippen molar-refractivity contribution in [2.75, 3.05) is 6.54 Å². The van der Waals surface area contributed by atoms with Crippen molar-refractivity contribution in [1.82, 2.24) is 0 Å². The summed E-state index contributed by atoms with van der Waals surface area (Å²) in [6.45, 7) is 2.67. The number of rotatable bonds is 5. The van der Waals surface area contributed by atoms with E-state index in [0.717, 1.165) is 12.2 Å². The summed E-state index contributed by atoms with van der Waals surface area (Å²) in [7, 11) is 0. The molecule has 0 bridgehead atoms. The number of aliphatic imine (C=N–C) groups is 1. The lowest BCUT2D eigenvalue weighted by Crippen LogP contribution is -2.20. The van der Waals surface area contributed by atoms with Gasteiger partial charge in [-0.1, -0.05) is 19.1 Å². The third-order valence-electron chi connectivity index (χ3n) is 1.70. The monoisotopic (exact) mass is 192 g/mol. The molecule has 1 atom stereocenters. The fourth-order valence-corrected chi connectivity index (χ4v) is 1.00. The Labute approximate surface area is 84.3 Å². The van der Waals surface area contributed by atoms with Crippen molar-refractivity contribution in [2.24, 2.45) is 10.7 Å². The quantitative estimate of drug-likeness (QED) is 0.573. The Morgan fingerprint density at radius 3 is 3.14 bits per heavy atom. The van der Waals surface area contributed by atoms with Crippen molar-refractivity contribution in [3.8, 4) is 0 Å². The zero-order valence-electron chi connectivity index (χ0n) is 8.39. The van der Waals surface area contributed by atoms with E-state index < -0.39 is 0 Å². The van der Waals surface area contributed by atoms with Crippen LogP contribution in [0.1, 0.15) is 19.1 Å². The summed E-state index contributed by atoms with van der Waals surface area (Å²) < 4.78 is 5.09. The van der Waals surface area contributed by atoms with E-state index in [-0.39, 0.29) is 6.04 Å². The van der Waals surface area contributed by atoms with Crippen LogP contribution in [0.15, 0.2) is 40.0 Å². The summed E-state index contributed by atoms with van der Waals surface area (Å²) in [5, 5.41) is 0. The molecule has 0 aliphatic heterocycles. The van der Waals surface area contributed by atoms with Crippen molar-refractivity contribution in [1.29, 1.82) is 0 Å². The lowest BCUT2D eigenvalue weighted by atomic mass is 10.2. The second-order valence-electron chi connectivity index (χ2n) is 3.01. The van der Waals surface area contributed by atoms with Crippen molar-refractivity contribution in [2.45, 2.75) is 19.4 Å². The minimum absolute atomic E-state index is 0.00108. The highest BCUT2D eigenvalue weighted by molar-refractivity contribution is 5.75. The van der Waals surface area contributed by atoms with Gasteiger partial charge in [0, 0.05) is 6.04 Å². The third kappa shape index (κ3) is 4.05. The molecule has 0 fully saturated rings.